The summed E-state index contributed by atoms with van der Waals surface area (Å²) in [6, 6.07) is 6.41. The van der Waals surface area contributed by atoms with E-state index in [1.54, 1.807) is 0 Å². The second kappa shape index (κ2) is 3.13. The molecule has 2 rings (SSSR count). The van der Waals surface area contributed by atoms with Crippen molar-refractivity contribution in [3.8, 4) is 0 Å². The minimum atomic E-state index is 0.0312. The largest absolute Gasteiger partial charge is 0.372 e. The van der Waals surface area contributed by atoms with Crippen LogP contribution in [0.2, 0.25) is 0 Å². The topological polar surface area (TPSA) is 35.2 Å². The molecular weight excluding hydrogens is 162 g/mol. The van der Waals surface area contributed by atoms with Crippen molar-refractivity contribution in [1.29, 1.82) is 0 Å². The zero-order valence-corrected chi connectivity index (χ0v) is 8.08. The van der Waals surface area contributed by atoms with Gasteiger partial charge in [0.05, 0.1) is 18.8 Å². The van der Waals surface area contributed by atoms with Crippen molar-refractivity contribution in [2.45, 2.75) is 32.6 Å². The Morgan fingerprint density at radius 1 is 1.46 bits per heavy atom. The van der Waals surface area contributed by atoms with Gasteiger partial charge in [-0.3, -0.25) is 0 Å². The highest BCUT2D eigenvalue weighted by Crippen LogP contribution is 2.27. The van der Waals surface area contributed by atoms with Crippen LogP contribution < -0.4 is 5.73 Å². The molecule has 1 aromatic carbocycles. The second-order valence-corrected chi connectivity index (χ2v) is 3.74. The molecule has 70 valence electrons. The molecule has 0 aromatic heterocycles. The lowest BCUT2D eigenvalue weighted by molar-refractivity contribution is 0.0213. The Morgan fingerprint density at radius 2 is 2.23 bits per heavy atom. The molecule has 0 radical (unpaired) electrons. The number of ether oxygens (including phenoxy) is 1. The van der Waals surface area contributed by atoms with Crippen LogP contribution in [-0.4, -0.2) is 6.10 Å². The number of nitrogens with two attached hydrogens (primary N) is 1. The molecule has 1 aromatic rings. The van der Waals surface area contributed by atoms with E-state index in [0.717, 1.165) is 0 Å². The lowest BCUT2D eigenvalue weighted by Gasteiger charge is -2.29. The highest BCUT2D eigenvalue weighted by atomic mass is 16.5. The van der Waals surface area contributed by atoms with Gasteiger partial charge < -0.3 is 10.5 Å². The Bertz CT molecular complexity index is 322. The minimum absolute atomic E-state index is 0.0312. The molecule has 1 aliphatic heterocycles. The molecule has 0 spiro atoms. The maximum absolute atomic E-state index is 6.03. The van der Waals surface area contributed by atoms with E-state index in [0.29, 0.717) is 6.61 Å². The van der Waals surface area contributed by atoms with Gasteiger partial charge in [-0.1, -0.05) is 23.8 Å². The van der Waals surface area contributed by atoms with Crippen molar-refractivity contribution >= 4 is 0 Å². The molecule has 0 saturated heterocycles. The number of rotatable bonds is 0. The van der Waals surface area contributed by atoms with Crippen LogP contribution in [-0.2, 0) is 11.3 Å². The van der Waals surface area contributed by atoms with Gasteiger partial charge in [0.15, 0.2) is 0 Å². The Balaban J connectivity index is 2.45. The first-order chi connectivity index (χ1) is 6.18. The lowest BCUT2D eigenvalue weighted by Crippen LogP contribution is -2.31. The standard InChI is InChI=1S/C11H15NO/c1-7-3-4-9-6-13-8(2)11(12)10(9)5-7/h3-5,8,11H,6,12H2,1-2H3/t8?,11-/m0/s1. The third-order valence-electron chi connectivity index (χ3n) is 2.67. The van der Waals surface area contributed by atoms with E-state index in [-0.39, 0.29) is 12.1 Å². The monoisotopic (exact) mass is 177 g/mol. The van der Waals surface area contributed by atoms with E-state index >= 15 is 0 Å². The van der Waals surface area contributed by atoms with Gasteiger partial charge in [0.1, 0.15) is 0 Å². The second-order valence-electron chi connectivity index (χ2n) is 3.74. The van der Waals surface area contributed by atoms with Crippen LogP contribution >= 0.6 is 0 Å². The lowest BCUT2D eigenvalue weighted by atomic mass is 9.94. The Morgan fingerprint density at radius 3 is 3.00 bits per heavy atom. The molecule has 13 heavy (non-hydrogen) atoms. The maximum atomic E-state index is 6.03. The highest BCUT2D eigenvalue weighted by Gasteiger charge is 2.23. The van der Waals surface area contributed by atoms with E-state index in [1.807, 2.05) is 6.92 Å². The molecule has 0 fully saturated rings. The molecule has 0 amide bonds. The van der Waals surface area contributed by atoms with E-state index < -0.39 is 0 Å². The van der Waals surface area contributed by atoms with Gasteiger partial charge >= 0.3 is 0 Å². The fraction of sp³-hybridized carbons (Fsp3) is 0.455. The first-order valence-electron chi connectivity index (χ1n) is 4.65. The van der Waals surface area contributed by atoms with Crippen LogP contribution in [0.1, 0.15) is 29.7 Å². The summed E-state index contributed by atoms with van der Waals surface area (Å²) in [6.45, 7) is 4.81. The molecule has 2 atom stereocenters. The van der Waals surface area contributed by atoms with Crippen molar-refractivity contribution in [2.24, 2.45) is 5.73 Å². The molecule has 1 aliphatic rings. The SMILES string of the molecule is Cc1ccc2c(c1)[C@@H](N)C(C)OC2. The van der Waals surface area contributed by atoms with Crippen LogP contribution in [0.4, 0.5) is 0 Å². The summed E-state index contributed by atoms with van der Waals surface area (Å²) in [5.74, 6) is 0. The minimum Gasteiger partial charge on any atom is -0.372 e. The van der Waals surface area contributed by atoms with Crippen molar-refractivity contribution < 1.29 is 4.74 Å². The third kappa shape index (κ3) is 1.47. The van der Waals surface area contributed by atoms with E-state index in [9.17, 15) is 0 Å². The van der Waals surface area contributed by atoms with Crippen molar-refractivity contribution in [2.75, 3.05) is 0 Å². The predicted molar refractivity (Wildman–Crippen MR) is 52.4 cm³/mol. The zero-order chi connectivity index (χ0) is 9.42. The molecule has 0 bridgehead atoms. The molecule has 2 heteroatoms. The Hall–Kier alpha value is -0.860. The van der Waals surface area contributed by atoms with Gasteiger partial charge in [0.2, 0.25) is 0 Å². The van der Waals surface area contributed by atoms with Crippen LogP contribution in [0, 0.1) is 6.92 Å². The van der Waals surface area contributed by atoms with Gasteiger partial charge in [0.25, 0.3) is 0 Å². The first kappa shape index (κ1) is 8.73. The zero-order valence-electron chi connectivity index (χ0n) is 8.08. The Kier molecular flexibility index (Phi) is 2.10. The molecule has 1 heterocycles. The molecule has 0 saturated carbocycles. The van der Waals surface area contributed by atoms with Gasteiger partial charge in [-0.05, 0) is 25.0 Å². The first-order valence-corrected chi connectivity index (χ1v) is 4.65. The fourth-order valence-electron chi connectivity index (χ4n) is 1.73. The van der Waals surface area contributed by atoms with Crippen LogP contribution in [0.3, 0.4) is 0 Å². The van der Waals surface area contributed by atoms with Gasteiger partial charge in [-0.15, -0.1) is 0 Å². The average Bonchev–Trinajstić information content (AvgIpc) is 2.12. The van der Waals surface area contributed by atoms with Crippen LogP contribution in [0.5, 0.6) is 0 Å². The van der Waals surface area contributed by atoms with Crippen LogP contribution in [0.25, 0.3) is 0 Å². The summed E-state index contributed by atoms with van der Waals surface area (Å²) in [4.78, 5) is 0. The highest BCUT2D eigenvalue weighted by molar-refractivity contribution is 5.35. The van der Waals surface area contributed by atoms with E-state index in [4.69, 9.17) is 10.5 Å². The summed E-state index contributed by atoms with van der Waals surface area (Å²) >= 11 is 0. The third-order valence-corrected chi connectivity index (χ3v) is 2.67. The summed E-state index contributed by atoms with van der Waals surface area (Å²) in [7, 11) is 0. The molecular formula is C11H15NO. The number of fused-ring (bicyclic) bond motifs is 1. The van der Waals surface area contributed by atoms with Crippen molar-refractivity contribution in [3.05, 3.63) is 34.9 Å². The summed E-state index contributed by atoms with van der Waals surface area (Å²) < 4.78 is 5.53. The molecule has 1 unspecified atom stereocenters. The average molecular weight is 177 g/mol. The number of benzene rings is 1. The van der Waals surface area contributed by atoms with E-state index in [1.165, 1.54) is 16.7 Å². The van der Waals surface area contributed by atoms with Gasteiger partial charge in [0, 0.05) is 0 Å². The number of aryl methyl sites for hydroxylation is 1. The summed E-state index contributed by atoms with van der Waals surface area (Å²) in [5, 5.41) is 0. The van der Waals surface area contributed by atoms with E-state index in [2.05, 4.69) is 25.1 Å². The number of hydrogen-bond acceptors (Lipinski definition) is 2. The van der Waals surface area contributed by atoms with Crippen molar-refractivity contribution in [1.82, 2.24) is 0 Å². The smallest absolute Gasteiger partial charge is 0.0744 e. The number of hydrogen-bond donors (Lipinski definition) is 1. The normalized spacial score (nSPS) is 27.0. The molecule has 0 aliphatic carbocycles. The van der Waals surface area contributed by atoms with Gasteiger partial charge in [-0.2, -0.15) is 0 Å². The van der Waals surface area contributed by atoms with Crippen LogP contribution in [0.15, 0.2) is 18.2 Å². The quantitative estimate of drug-likeness (QED) is 0.657. The maximum Gasteiger partial charge on any atom is 0.0744 e. The molecule has 2 N–H and O–H groups in total. The Labute approximate surface area is 78.7 Å². The summed E-state index contributed by atoms with van der Waals surface area (Å²) in [6.07, 6.45) is 0.134. The fourth-order valence-corrected chi connectivity index (χ4v) is 1.73. The summed E-state index contributed by atoms with van der Waals surface area (Å²) in [5.41, 5.74) is 9.78. The van der Waals surface area contributed by atoms with Crippen molar-refractivity contribution in [3.63, 3.8) is 0 Å². The predicted octanol–water partition coefficient (Wildman–Crippen LogP) is 1.91. The molecule has 2 nitrogen and oxygen atoms in total. The van der Waals surface area contributed by atoms with Gasteiger partial charge in [-0.25, -0.2) is 0 Å².